The van der Waals surface area contributed by atoms with Crippen LogP contribution < -0.4 is 21.5 Å². The molecule has 0 N–H and O–H groups in total. The lowest BCUT2D eigenvalue weighted by Gasteiger charge is -2.19. The minimum absolute atomic E-state index is 0. The lowest BCUT2D eigenvalue weighted by molar-refractivity contribution is -0.688. The van der Waals surface area contributed by atoms with Crippen molar-refractivity contribution in [3.05, 3.63) is 66.0 Å². The highest BCUT2D eigenvalue weighted by molar-refractivity contribution is 6.18. The normalized spacial score (nSPS) is 10.0. The summed E-state index contributed by atoms with van der Waals surface area (Å²) in [7, 11) is 0. The van der Waals surface area contributed by atoms with Gasteiger partial charge in [0.2, 0.25) is 0 Å². The summed E-state index contributed by atoms with van der Waals surface area (Å²) in [5.41, 5.74) is 1.84. The Kier molecular flexibility index (Phi) is 9.22. The quantitative estimate of drug-likeness (QED) is 0.457. The van der Waals surface area contributed by atoms with Crippen LogP contribution in [0, 0.1) is 0 Å². The van der Waals surface area contributed by atoms with Gasteiger partial charge in [-0.1, -0.05) is 30.3 Å². The molecule has 0 aliphatic heterocycles. The van der Waals surface area contributed by atoms with Crippen molar-refractivity contribution in [3.8, 4) is 0 Å². The van der Waals surface area contributed by atoms with E-state index < -0.39 is 0 Å². The zero-order valence-corrected chi connectivity index (χ0v) is 15.8. The van der Waals surface area contributed by atoms with Crippen LogP contribution in [0.1, 0.15) is 15.9 Å². The molecule has 0 bridgehead atoms. The van der Waals surface area contributed by atoms with Crippen LogP contribution in [0.3, 0.4) is 0 Å². The lowest BCUT2D eigenvalue weighted by atomic mass is 10.2. The van der Waals surface area contributed by atoms with Gasteiger partial charge in [-0.05, 0) is 6.07 Å². The smallest absolute Gasteiger partial charge is 0.259 e. The Labute approximate surface area is 157 Å². The number of alkyl halides is 2. The number of carbonyl (C=O) groups is 1. The van der Waals surface area contributed by atoms with Crippen LogP contribution in [0.15, 0.2) is 54.9 Å². The van der Waals surface area contributed by atoms with Crippen LogP contribution in [0.4, 0.5) is 0 Å². The van der Waals surface area contributed by atoms with Gasteiger partial charge in [-0.15, -0.1) is 23.2 Å². The van der Waals surface area contributed by atoms with Gasteiger partial charge in [-0.2, -0.15) is 4.57 Å². The fourth-order valence-corrected chi connectivity index (χ4v) is 2.65. The van der Waals surface area contributed by atoms with Gasteiger partial charge in [0.15, 0.2) is 18.9 Å². The van der Waals surface area contributed by atoms with E-state index in [4.69, 9.17) is 23.2 Å². The molecule has 0 unspecified atom stereocenters. The highest BCUT2D eigenvalue weighted by Crippen LogP contribution is 2.04. The van der Waals surface area contributed by atoms with E-state index in [-0.39, 0.29) is 22.9 Å². The van der Waals surface area contributed by atoms with Gasteiger partial charge in [0, 0.05) is 36.5 Å². The maximum absolute atomic E-state index is 12.5. The number of carbonyl (C=O) groups excluding carboxylic acids is 1. The Hall–Kier alpha value is -1.10. The van der Waals surface area contributed by atoms with Crippen LogP contribution in [-0.2, 0) is 6.54 Å². The molecule has 0 saturated heterocycles. The van der Waals surface area contributed by atoms with Gasteiger partial charge in [0.1, 0.15) is 5.56 Å². The fraction of sp³-hybridized carbons (Fsp3) is 0.294. The molecular formula is C17H19BrCl2N2O. The fourth-order valence-electron chi connectivity index (χ4n) is 2.24. The van der Waals surface area contributed by atoms with Crippen molar-refractivity contribution in [2.45, 2.75) is 6.54 Å². The van der Waals surface area contributed by atoms with Crippen molar-refractivity contribution in [2.75, 3.05) is 24.8 Å². The predicted octanol–water partition coefficient (Wildman–Crippen LogP) is -0.0538. The zero-order chi connectivity index (χ0) is 15.8. The molecule has 0 radical (unpaired) electrons. The van der Waals surface area contributed by atoms with Crippen molar-refractivity contribution in [1.82, 2.24) is 4.90 Å². The number of halogens is 3. The third-order valence-electron chi connectivity index (χ3n) is 3.31. The van der Waals surface area contributed by atoms with E-state index >= 15 is 0 Å². The van der Waals surface area contributed by atoms with Crippen LogP contribution >= 0.6 is 23.2 Å². The second-order valence-electron chi connectivity index (χ2n) is 4.92. The minimum atomic E-state index is -0.0382. The monoisotopic (exact) mass is 416 g/mol. The topological polar surface area (TPSA) is 24.2 Å². The average Bonchev–Trinajstić information content (AvgIpc) is 2.55. The third-order valence-corrected chi connectivity index (χ3v) is 3.65. The molecule has 1 heterocycles. The standard InChI is InChI=1S/C17H19Cl2N2O.BrH/c18-8-11-21(12-9-19)17(22)16-7-4-10-20(14-16)13-15-5-2-1-3-6-15;/h1-7,10,14H,8-9,11-13H2;1H/q+1;/p-1. The molecule has 1 amide bonds. The second kappa shape index (κ2) is 10.6. The molecule has 3 nitrogen and oxygen atoms in total. The lowest BCUT2D eigenvalue weighted by Crippen LogP contribution is -3.00. The highest BCUT2D eigenvalue weighted by atomic mass is 79.9. The summed E-state index contributed by atoms with van der Waals surface area (Å²) in [6.07, 6.45) is 3.82. The summed E-state index contributed by atoms with van der Waals surface area (Å²) in [5.74, 6) is 0.766. The number of hydrogen-bond acceptors (Lipinski definition) is 1. The molecule has 1 aromatic carbocycles. The van der Waals surface area contributed by atoms with Crippen molar-refractivity contribution in [1.29, 1.82) is 0 Å². The molecule has 0 saturated carbocycles. The zero-order valence-electron chi connectivity index (χ0n) is 12.7. The first-order valence-electron chi connectivity index (χ1n) is 7.19. The summed E-state index contributed by atoms with van der Waals surface area (Å²) in [6.45, 7) is 1.73. The van der Waals surface area contributed by atoms with Crippen LogP contribution in [0.25, 0.3) is 0 Å². The number of hydrogen-bond donors (Lipinski definition) is 0. The van der Waals surface area contributed by atoms with Gasteiger partial charge in [-0.25, -0.2) is 0 Å². The summed E-state index contributed by atoms with van der Waals surface area (Å²) >= 11 is 11.5. The maximum atomic E-state index is 12.5. The van der Waals surface area contributed by atoms with Crippen molar-refractivity contribution in [3.63, 3.8) is 0 Å². The van der Waals surface area contributed by atoms with E-state index in [1.165, 1.54) is 5.56 Å². The predicted molar refractivity (Wildman–Crippen MR) is 89.5 cm³/mol. The number of nitrogens with zero attached hydrogens (tertiary/aromatic N) is 2. The molecule has 23 heavy (non-hydrogen) atoms. The molecule has 0 atom stereocenters. The summed E-state index contributed by atoms with van der Waals surface area (Å²) in [5, 5.41) is 0. The molecule has 0 spiro atoms. The summed E-state index contributed by atoms with van der Waals surface area (Å²) in [6, 6.07) is 13.8. The van der Waals surface area contributed by atoms with E-state index in [2.05, 4.69) is 12.1 Å². The second-order valence-corrected chi connectivity index (χ2v) is 5.68. The SMILES string of the molecule is O=C(c1ccc[n+](Cc2ccccc2)c1)N(CCCl)CCCl.[Br-]. The van der Waals surface area contributed by atoms with Crippen LogP contribution in [-0.4, -0.2) is 35.7 Å². The Morgan fingerprint density at radius 3 is 2.26 bits per heavy atom. The van der Waals surface area contributed by atoms with Gasteiger partial charge in [0.25, 0.3) is 5.91 Å². The molecule has 124 valence electrons. The average molecular weight is 418 g/mol. The van der Waals surface area contributed by atoms with Crippen molar-refractivity contribution >= 4 is 29.1 Å². The molecule has 2 aromatic rings. The number of rotatable bonds is 7. The number of amides is 1. The van der Waals surface area contributed by atoms with E-state index in [0.29, 0.717) is 30.4 Å². The van der Waals surface area contributed by atoms with E-state index in [0.717, 1.165) is 6.54 Å². The first-order valence-corrected chi connectivity index (χ1v) is 8.25. The van der Waals surface area contributed by atoms with Crippen molar-refractivity contribution < 1.29 is 26.3 Å². The third kappa shape index (κ3) is 6.13. The molecule has 0 aliphatic carbocycles. The van der Waals surface area contributed by atoms with Crippen LogP contribution in [0.2, 0.25) is 0 Å². The van der Waals surface area contributed by atoms with E-state index in [1.807, 2.05) is 47.3 Å². The molecular weight excluding hydrogens is 399 g/mol. The Balaban J connectivity index is 0.00000264. The highest BCUT2D eigenvalue weighted by Gasteiger charge is 2.17. The number of benzene rings is 1. The minimum Gasteiger partial charge on any atom is -1.00 e. The Morgan fingerprint density at radius 2 is 1.65 bits per heavy atom. The summed E-state index contributed by atoms with van der Waals surface area (Å²) in [4.78, 5) is 14.2. The first kappa shape index (κ1) is 19.9. The van der Waals surface area contributed by atoms with Gasteiger partial charge >= 0.3 is 0 Å². The largest absolute Gasteiger partial charge is 1.00 e. The molecule has 0 aliphatic rings. The molecule has 2 rings (SSSR count). The Bertz CT molecular complexity index is 605. The summed E-state index contributed by atoms with van der Waals surface area (Å²) < 4.78 is 2.00. The van der Waals surface area contributed by atoms with Crippen LogP contribution in [0.5, 0.6) is 0 Å². The number of aromatic nitrogens is 1. The molecule has 6 heteroatoms. The Morgan fingerprint density at radius 1 is 1.00 bits per heavy atom. The van der Waals surface area contributed by atoms with E-state index in [1.54, 1.807) is 4.90 Å². The van der Waals surface area contributed by atoms with Gasteiger partial charge in [0.05, 0.1) is 0 Å². The molecule has 1 aromatic heterocycles. The molecule has 0 fully saturated rings. The van der Waals surface area contributed by atoms with Gasteiger partial charge < -0.3 is 21.9 Å². The van der Waals surface area contributed by atoms with Crippen molar-refractivity contribution in [2.24, 2.45) is 0 Å². The van der Waals surface area contributed by atoms with E-state index in [9.17, 15) is 4.79 Å². The first-order chi connectivity index (χ1) is 10.7. The number of pyridine rings is 1. The maximum Gasteiger partial charge on any atom is 0.259 e. The van der Waals surface area contributed by atoms with Gasteiger partial charge in [-0.3, -0.25) is 4.79 Å².